The Morgan fingerprint density at radius 2 is 1.31 bits per heavy atom. The van der Waals surface area contributed by atoms with E-state index < -0.39 is 75.9 Å². The van der Waals surface area contributed by atoms with Crippen LogP contribution in [-0.4, -0.2) is 5.28 Å². The van der Waals surface area contributed by atoms with Crippen molar-refractivity contribution < 1.29 is 34.3 Å². The van der Waals surface area contributed by atoms with Gasteiger partial charge in [-0.1, -0.05) is 80.1 Å². The number of alkyl halides is 1. The molecule has 0 aliphatic carbocycles. The van der Waals surface area contributed by atoms with E-state index in [-0.39, 0.29) is 0 Å². The van der Waals surface area contributed by atoms with Gasteiger partial charge in [-0.15, -0.1) is 0 Å². The predicted molar refractivity (Wildman–Crippen MR) is 65.6 cm³/mol. The summed E-state index contributed by atoms with van der Waals surface area (Å²) in [7, 11) is 0. The second kappa shape index (κ2) is 12.5. The molecule has 0 aromatic carbocycles. The van der Waals surface area contributed by atoms with Crippen LogP contribution in [0.2, 0.25) is 0 Å². The molecule has 0 radical (unpaired) electrons. The Hall–Kier alpha value is 0.480. The zero-order chi connectivity index (χ0) is 32.0. The van der Waals surface area contributed by atoms with Crippen LogP contribution in [-0.2, 0) is 0 Å². The first-order valence-electron chi connectivity index (χ1n) is 15.4. The molecule has 1 heteroatoms. The van der Waals surface area contributed by atoms with Crippen LogP contribution >= 0.6 is 15.9 Å². The van der Waals surface area contributed by atoms with E-state index in [1.807, 2.05) is 0 Å². The normalized spacial score (nSPS) is 52.2. The van der Waals surface area contributed by atoms with Crippen molar-refractivity contribution in [2.45, 2.75) is 70.6 Å². The van der Waals surface area contributed by atoms with Gasteiger partial charge >= 0.3 is 0 Å². The minimum atomic E-state index is -4.77. The molecule has 0 aromatic rings. The van der Waals surface area contributed by atoms with Crippen LogP contribution in [0.5, 0.6) is 0 Å². The summed E-state index contributed by atoms with van der Waals surface area (Å²) >= 11 is 2.13. The molecule has 0 heterocycles. The second-order valence-corrected chi connectivity index (χ2v) is 1.74. The fraction of sp³-hybridized carbons (Fsp3) is 1.00. The molecule has 0 rings (SSSR count). The van der Waals surface area contributed by atoms with Gasteiger partial charge < -0.3 is 0 Å². The number of rotatable bonds is 10. The Labute approximate surface area is 128 Å². The van der Waals surface area contributed by atoms with E-state index in [2.05, 4.69) is 15.9 Å². The maximum absolute atomic E-state index is 7.99. The first kappa shape index (κ1) is 1.49. The molecule has 0 fully saturated rings. The molecule has 0 aliphatic heterocycles. The third kappa shape index (κ3) is 12.5. The lowest BCUT2D eigenvalue weighted by Crippen LogP contribution is -1.81. The summed E-state index contributed by atoms with van der Waals surface area (Å²) < 4.78 is 193. The molecule has 0 saturated carbocycles. The molecule has 13 heavy (non-hydrogen) atoms. The monoisotopic (exact) mass is 273 g/mol. The van der Waals surface area contributed by atoms with Crippen LogP contribution in [0.1, 0.15) is 105 Å². The van der Waals surface area contributed by atoms with E-state index in [0.717, 1.165) is 0 Å². The molecule has 80 valence electrons. The van der Waals surface area contributed by atoms with E-state index in [9.17, 15) is 0 Å². The average molecular weight is 274 g/mol. The molecule has 0 bridgehead atoms. The number of halogens is 1. The van der Waals surface area contributed by atoms with E-state index in [1.54, 1.807) is 0 Å². The Balaban J connectivity index is 7.29. The minimum absolute atomic E-state index is 2.13. The van der Waals surface area contributed by atoms with Gasteiger partial charge in [-0.05, 0) is 6.37 Å². The molecule has 0 aromatic heterocycles. The zero-order valence-corrected chi connectivity index (χ0v) is 7.96. The summed E-state index contributed by atoms with van der Waals surface area (Å²) in [5, 5.41) is -3.43. The largest absolute Gasteiger partial charge is 0.0928 e. The number of hydrogen-bond acceptors (Lipinski definition) is 0. The highest BCUT2D eigenvalue weighted by Crippen LogP contribution is 2.10. The summed E-state index contributed by atoms with van der Waals surface area (Å²) in [5.74, 6) is 0. The van der Waals surface area contributed by atoms with Crippen molar-refractivity contribution in [2.24, 2.45) is 0 Å². The van der Waals surface area contributed by atoms with Gasteiger partial charge in [0.15, 0.2) is 0 Å². The van der Waals surface area contributed by atoms with E-state index >= 15 is 0 Å². The quantitative estimate of drug-likeness (QED) is 0.474. The molecule has 0 saturated heterocycles. The molecule has 0 atom stereocenters. The van der Waals surface area contributed by atoms with Gasteiger partial charge in [0.1, 0.15) is 0 Å². The summed E-state index contributed by atoms with van der Waals surface area (Å²) in [5.41, 5.74) is 0. The van der Waals surface area contributed by atoms with E-state index in [0.29, 0.717) is 0 Å². The standard InChI is InChI=1S/C12H25Br/c1-2-3-4-5-6-7-8-9-10-11-12-13/h2-12H2,1H3/i1D3,2D2,3D2,4D2,5D2,6D2,7D2,8D2,9D2,10D2,11D2,12D2. The summed E-state index contributed by atoms with van der Waals surface area (Å²) in [6.07, 6.45) is -45.3. The highest BCUT2D eigenvalue weighted by atomic mass is 79.9. The maximum Gasteiger partial charge on any atom is 0.0387 e. The highest BCUT2D eigenvalue weighted by Gasteiger charge is 1.91. The van der Waals surface area contributed by atoms with Gasteiger partial charge in [-0.3, -0.25) is 0 Å². The van der Waals surface area contributed by atoms with Gasteiger partial charge in [0.05, 0.1) is 0 Å². The molecule has 0 nitrogen and oxygen atoms in total. The first-order chi connectivity index (χ1) is 15.8. The Kier molecular flexibility index (Phi) is 1.43. The van der Waals surface area contributed by atoms with Crippen LogP contribution in [0.15, 0.2) is 0 Å². The first-order valence-corrected chi connectivity index (χ1v) is 3.73. The van der Waals surface area contributed by atoms with Gasteiger partial charge in [0.25, 0.3) is 0 Å². The molecular weight excluding hydrogens is 224 g/mol. The molecule has 0 N–H and O–H groups in total. The van der Waals surface area contributed by atoms with Crippen LogP contribution in [0, 0.1) is 0 Å². The lowest BCUT2D eigenvalue weighted by molar-refractivity contribution is 0.563. The summed E-state index contributed by atoms with van der Waals surface area (Å²) in [6.45, 7) is -3.98. The third-order valence-corrected chi connectivity index (χ3v) is 0.808. The van der Waals surface area contributed by atoms with E-state index in [4.69, 9.17) is 34.3 Å². The fourth-order valence-corrected chi connectivity index (χ4v) is 0.373. The van der Waals surface area contributed by atoms with Gasteiger partial charge in [-0.25, -0.2) is 0 Å². The summed E-state index contributed by atoms with van der Waals surface area (Å²) in [4.78, 5) is 0. The molecule has 0 spiro atoms. The van der Waals surface area contributed by atoms with Crippen molar-refractivity contribution in [3.8, 4) is 0 Å². The topological polar surface area (TPSA) is 0 Å². The van der Waals surface area contributed by atoms with Crippen molar-refractivity contribution in [1.29, 1.82) is 0 Å². The molecule has 0 amide bonds. The average Bonchev–Trinajstić information content (AvgIpc) is 2.64. The predicted octanol–water partition coefficient (Wildman–Crippen LogP) is 5.30. The number of hydrogen-bond donors (Lipinski definition) is 0. The van der Waals surface area contributed by atoms with Crippen molar-refractivity contribution in [3.05, 3.63) is 0 Å². The lowest BCUT2D eigenvalue weighted by atomic mass is 10.1. The van der Waals surface area contributed by atoms with Crippen LogP contribution in [0.4, 0.5) is 0 Å². The Morgan fingerprint density at radius 3 is 1.77 bits per heavy atom. The SMILES string of the molecule is [2H]C([2H])([2H])C([2H])([2H])C([2H])([2H])C([2H])([2H])C([2H])([2H])C([2H])([2H])C([2H])([2H])C([2H])([2H])C([2H])([2H])C([2H])([2H])C([2H])([2H])C([2H])([2H])Br. The minimum Gasteiger partial charge on any atom is -0.0928 e. The Morgan fingerprint density at radius 1 is 0.846 bits per heavy atom. The van der Waals surface area contributed by atoms with Crippen molar-refractivity contribution >= 4 is 15.9 Å². The van der Waals surface area contributed by atoms with Crippen LogP contribution in [0.25, 0.3) is 0 Å². The Bertz CT molecular complexity index is 798. The van der Waals surface area contributed by atoms with Crippen molar-refractivity contribution in [3.63, 3.8) is 0 Å². The van der Waals surface area contributed by atoms with Gasteiger partial charge in [0.2, 0.25) is 0 Å². The lowest BCUT2D eigenvalue weighted by Gasteiger charge is -2.00. The fourth-order valence-electron chi connectivity index (χ4n) is 0.274. The third-order valence-electron chi connectivity index (χ3n) is 0.610. The van der Waals surface area contributed by atoms with Crippen LogP contribution in [0.3, 0.4) is 0 Å². The van der Waals surface area contributed by atoms with Crippen molar-refractivity contribution in [2.75, 3.05) is 5.28 Å². The van der Waals surface area contributed by atoms with Gasteiger partial charge in [-0.2, -0.15) is 0 Å². The van der Waals surface area contributed by atoms with E-state index in [1.165, 1.54) is 0 Å². The zero-order valence-electron chi connectivity index (χ0n) is 31.4. The molecule has 0 unspecified atom stereocenters. The van der Waals surface area contributed by atoms with Crippen molar-refractivity contribution in [1.82, 2.24) is 0 Å². The maximum atomic E-state index is 7.99. The second-order valence-electron chi connectivity index (χ2n) is 1.34. The molecule has 0 aliphatic rings. The molecular formula is C12H25Br. The smallest absolute Gasteiger partial charge is 0.0387 e. The highest BCUT2D eigenvalue weighted by molar-refractivity contribution is 9.09. The van der Waals surface area contributed by atoms with Gasteiger partial charge in [0, 0.05) is 39.6 Å². The summed E-state index contributed by atoms with van der Waals surface area (Å²) in [6, 6.07) is 0. The van der Waals surface area contributed by atoms with Crippen LogP contribution < -0.4 is 0 Å².